The minimum atomic E-state index is -6.00. The van der Waals surface area contributed by atoms with Crippen LogP contribution >= 0.6 is 0 Å². The zero-order valence-corrected chi connectivity index (χ0v) is 16.6. The lowest BCUT2D eigenvalue weighted by molar-refractivity contribution is -0.596. The van der Waals surface area contributed by atoms with Crippen molar-refractivity contribution in [2.45, 2.75) is 19.8 Å². The minimum absolute atomic E-state index is 0.512. The van der Waals surface area contributed by atoms with Gasteiger partial charge in [-0.15, -0.1) is 0 Å². The number of benzene rings is 1. The Hall–Kier alpha value is -2.91. The quantitative estimate of drug-likeness (QED) is 0.258. The van der Waals surface area contributed by atoms with Gasteiger partial charge in [0, 0.05) is 35.9 Å². The van der Waals surface area contributed by atoms with Crippen molar-refractivity contribution in [2.75, 3.05) is 0 Å². The zero-order chi connectivity index (χ0) is 23.7. The fraction of sp³-hybridized carbons (Fsp3) is 0.158. The van der Waals surface area contributed by atoms with Crippen LogP contribution < -0.4 is 9.55 Å². The van der Waals surface area contributed by atoms with E-state index in [9.17, 15) is 34.5 Å². The lowest BCUT2D eigenvalue weighted by atomic mass is 10.0. The molecule has 0 radical (unpaired) electrons. The van der Waals surface area contributed by atoms with Crippen LogP contribution in [0.5, 0.6) is 0 Å². The standard InChI is InChI=1S/C19H19N2.2BF4/c1-15(2)18-5-3-4-6-19(18)21-13-9-17(10-14-21)16-7-11-20-12-8-16;2*2-1(3,4)5/h3-15H,1-2H3;;/q+1;2*-1/p+1. The van der Waals surface area contributed by atoms with E-state index in [-0.39, 0.29) is 0 Å². The Labute approximate surface area is 174 Å². The second-order valence-corrected chi connectivity index (χ2v) is 6.49. The molecule has 1 N–H and O–H groups in total. The number of nitrogens with zero attached hydrogens (tertiary/aromatic N) is 1. The van der Waals surface area contributed by atoms with Gasteiger partial charge in [-0.2, -0.15) is 4.57 Å². The maximum atomic E-state index is 9.75. The number of H-pyrrole nitrogens is 1. The van der Waals surface area contributed by atoms with Crippen molar-refractivity contribution in [3.05, 3.63) is 78.9 Å². The van der Waals surface area contributed by atoms with Gasteiger partial charge in [-0.1, -0.05) is 32.0 Å². The molecule has 168 valence electrons. The maximum absolute atomic E-state index is 9.75. The number of para-hydroxylation sites is 1. The van der Waals surface area contributed by atoms with E-state index in [2.05, 4.69) is 84.3 Å². The number of aromatic nitrogens is 2. The van der Waals surface area contributed by atoms with Crippen molar-refractivity contribution in [3.63, 3.8) is 0 Å². The van der Waals surface area contributed by atoms with Gasteiger partial charge in [0.25, 0.3) is 0 Å². The summed E-state index contributed by atoms with van der Waals surface area (Å²) in [4.78, 5) is 3.05. The highest BCUT2D eigenvalue weighted by Gasteiger charge is 2.21. The summed E-state index contributed by atoms with van der Waals surface area (Å²) in [5.74, 6) is 0.512. The lowest BCUT2D eigenvalue weighted by Crippen LogP contribution is -2.31. The summed E-state index contributed by atoms with van der Waals surface area (Å²) in [7, 11) is -12.0. The van der Waals surface area contributed by atoms with Gasteiger partial charge in [-0.05, 0) is 17.0 Å². The van der Waals surface area contributed by atoms with Crippen molar-refractivity contribution in [1.82, 2.24) is 0 Å². The van der Waals surface area contributed by atoms with E-state index >= 15 is 0 Å². The average Bonchev–Trinajstić information content (AvgIpc) is 2.66. The molecule has 0 amide bonds. The summed E-state index contributed by atoms with van der Waals surface area (Å²) in [5, 5.41) is 0. The number of nitrogens with one attached hydrogen (secondary N) is 1. The van der Waals surface area contributed by atoms with Crippen LogP contribution in [0, 0.1) is 0 Å². The predicted octanol–water partition coefficient (Wildman–Crippen LogP) is 6.17. The lowest BCUT2D eigenvalue weighted by Gasteiger charge is -2.08. The van der Waals surface area contributed by atoms with Gasteiger partial charge in [-0.3, -0.25) is 0 Å². The third kappa shape index (κ3) is 11.8. The molecule has 0 saturated carbocycles. The summed E-state index contributed by atoms with van der Waals surface area (Å²) in [6.45, 7) is 4.46. The number of aromatic amines is 1. The Morgan fingerprint density at radius 1 is 0.677 bits per heavy atom. The van der Waals surface area contributed by atoms with E-state index < -0.39 is 14.5 Å². The van der Waals surface area contributed by atoms with E-state index in [1.165, 1.54) is 22.4 Å². The molecule has 3 rings (SSSR count). The first-order valence-corrected chi connectivity index (χ1v) is 9.07. The van der Waals surface area contributed by atoms with Gasteiger partial charge in [0.15, 0.2) is 24.8 Å². The Kier molecular flexibility index (Phi) is 9.67. The molecule has 0 atom stereocenters. The van der Waals surface area contributed by atoms with Gasteiger partial charge in [0.2, 0.25) is 5.69 Å². The largest absolute Gasteiger partial charge is 0.673 e. The fourth-order valence-corrected chi connectivity index (χ4v) is 2.57. The van der Waals surface area contributed by atoms with Gasteiger partial charge < -0.3 is 34.5 Å². The van der Waals surface area contributed by atoms with Crippen molar-refractivity contribution >= 4 is 14.5 Å². The number of hydrogen-bond acceptors (Lipinski definition) is 0. The number of hydrogen-bond donors (Lipinski definition) is 0. The van der Waals surface area contributed by atoms with Crippen molar-refractivity contribution < 1.29 is 44.1 Å². The van der Waals surface area contributed by atoms with Crippen LogP contribution in [0.2, 0.25) is 0 Å². The molecule has 3 aromatic rings. The van der Waals surface area contributed by atoms with Crippen LogP contribution in [0.4, 0.5) is 34.5 Å². The van der Waals surface area contributed by atoms with E-state index in [0.717, 1.165) is 0 Å². The highest BCUT2D eigenvalue weighted by Crippen LogP contribution is 2.20. The zero-order valence-electron chi connectivity index (χ0n) is 16.6. The molecular formula is C19H20B2F8N2. The molecule has 0 unspecified atom stereocenters. The second-order valence-electron chi connectivity index (χ2n) is 6.49. The Bertz CT molecular complexity index is 891. The van der Waals surface area contributed by atoms with Crippen LogP contribution in [-0.2, 0) is 0 Å². The van der Waals surface area contributed by atoms with Crippen LogP contribution in [-0.4, -0.2) is 14.5 Å². The third-order valence-corrected chi connectivity index (χ3v) is 3.72. The molecule has 0 spiro atoms. The first-order chi connectivity index (χ1) is 14.3. The molecule has 2 heterocycles. The molecule has 0 aliphatic rings. The molecule has 2 aromatic heterocycles. The first kappa shape index (κ1) is 26.1. The number of rotatable bonds is 3. The Morgan fingerprint density at radius 2 is 1.10 bits per heavy atom. The summed E-state index contributed by atoms with van der Waals surface area (Å²) < 4.78 is 80.2. The number of halogens is 8. The van der Waals surface area contributed by atoms with Crippen LogP contribution in [0.1, 0.15) is 25.3 Å². The normalized spacial score (nSPS) is 11.2. The van der Waals surface area contributed by atoms with Gasteiger partial charge in [-0.25, -0.2) is 4.98 Å². The molecule has 2 nitrogen and oxygen atoms in total. The average molecular weight is 450 g/mol. The summed E-state index contributed by atoms with van der Waals surface area (Å²) in [5.41, 5.74) is 5.06. The third-order valence-electron chi connectivity index (χ3n) is 3.72. The highest BCUT2D eigenvalue weighted by molar-refractivity contribution is 6.50. The van der Waals surface area contributed by atoms with Gasteiger partial charge in [0.1, 0.15) is 0 Å². The highest BCUT2D eigenvalue weighted by atomic mass is 19.5. The van der Waals surface area contributed by atoms with Crippen LogP contribution in [0.15, 0.2) is 73.3 Å². The summed E-state index contributed by atoms with van der Waals surface area (Å²) in [6, 6.07) is 17.1. The Balaban J connectivity index is 0.000000404. The predicted molar refractivity (Wildman–Crippen MR) is 104 cm³/mol. The summed E-state index contributed by atoms with van der Waals surface area (Å²) >= 11 is 0. The van der Waals surface area contributed by atoms with Crippen LogP contribution in [0.3, 0.4) is 0 Å². The molecule has 0 aliphatic heterocycles. The molecule has 12 heteroatoms. The second kappa shape index (κ2) is 11.5. The van der Waals surface area contributed by atoms with E-state index in [0.29, 0.717) is 5.92 Å². The maximum Gasteiger partial charge on any atom is 0.673 e. The fourth-order valence-electron chi connectivity index (χ4n) is 2.57. The topological polar surface area (TPSA) is 18.0 Å². The molecule has 0 fully saturated rings. The molecular weight excluding hydrogens is 430 g/mol. The monoisotopic (exact) mass is 450 g/mol. The van der Waals surface area contributed by atoms with Crippen molar-refractivity contribution in [1.29, 1.82) is 0 Å². The molecule has 0 saturated heterocycles. The smallest absolute Gasteiger partial charge is 0.418 e. The van der Waals surface area contributed by atoms with Crippen molar-refractivity contribution in [3.8, 4) is 16.8 Å². The van der Waals surface area contributed by atoms with E-state index in [4.69, 9.17) is 0 Å². The molecule has 31 heavy (non-hydrogen) atoms. The minimum Gasteiger partial charge on any atom is -0.418 e. The molecule has 1 aromatic carbocycles. The van der Waals surface area contributed by atoms with E-state index in [1.54, 1.807) is 0 Å². The Morgan fingerprint density at radius 3 is 1.55 bits per heavy atom. The first-order valence-electron chi connectivity index (χ1n) is 9.07. The van der Waals surface area contributed by atoms with E-state index in [1.807, 2.05) is 12.4 Å². The number of pyridine rings is 2. The SMILES string of the molecule is CC(C)c1ccccc1-[n+]1ccc(-c2cc[nH+]cc2)cc1.F[B-](F)(F)F.F[B-](F)(F)F. The molecule has 0 aliphatic carbocycles. The van der Waals surface area contributed by atoms with Crippen molar-refractivity contribution in [2.24, 2.45) is 0 Å². The van der Waals surface area contributed by atoms with Gasteiger partial charge >= 0.3 is 14.5 Å². The van der Waals surface area contributed by atoms with Crippen LogP contribution in [0.25, 0.3) is 16.8 Å². The summed E-state index contributed by atoms with van der Waals surface area (Å²) in [6.07, 6.45) is 8.16. The molecule has 0 bridgehead atoms. The van der Waals surface area contributed by atoms with Gasteiger partial charge in [0.05, 0.1) is 0 Å².